The van der Waals surface area contributed by atoms with Crippen LogP contribution in [0, 0.1) is 11.8 Å². The number of allylic oxidation sites excluding steroid dienone is 3. The third kappa shape index (κ3) is 3.89. The molecule has 0 atom stereocenters. The predicted octanol–water partition coefficient (Wildman–Crippen LogP) is 7.47. The third-order valence-corrected chi connectivity index (χ3v) is 5.15. The second-order valence-electron chi connectivity index (χ2n) is 6.83. The van der Waals surface area contributed by atoms with Gasteiger partial charge in [0, 0.05) is 11.5 Å². The second kappa shape index (κ2) is 7.77. The minimum absolute atomic E-state index is 0.302. The fourth-order valence-electron chi connectivity index (χ4n) is 3.62. The van der Waals surface area contributed by atoms with Gasteiger partial charge < -0.3 is 0 Å². The van der Waals surface area contributed by atoms with Gasteiger partial charge in [-0.15, -0.1) is 6.58 Å². The molecule has 0 bridgehead atoms. The maximum atomic E-state index is 14.7. The SMILES string of the molecule is C=CC1CCC(C(F)=C(F)c2ccc3cc(/C=C/C)ccc3c2)CC1. The van der Waals surface area contributed by atoms with Crippen molar-refractivity contribution in [1.29, 1.82) is 0 Å². The first-order valence-electron chi connectivity index (χ1n) is 8.97. The van der Waals surface area contributed by atoms with Gasteiger partial charge in [0.15, 0.2) is 5.83 Å². The molecule has 0 N–H and O–H groups in total. The average molecular weight is 338 g/mol. The fourth-order valence-corrected chi connectivity index (χ4v) is 3.62. The molecule has 0 aromatic heterocycles. The van der Waals surface area contributed by atoms with Gasteiger partial charge in [-0.1, -0.05) is 42.5 Å². The minimum atomic E-state index is -0.707. The number of hydrogen-bond donors (Lipinski definition) is 0. The molecule has 1 fully saturated rings. The van der Waals surface area contributed by atoms with Crippen LogP contribution in [0.15, 0.2) is 61.0 Å². The first-order valence-corrected chi connectivity index (χ1v) is 8.97. The van der Waals surface area contributed by atoms with Gasteiger partial charge in [0.25, 0.3) is 0 Å². The molecular weight excluding hydrogens is 314 g/mol. The van der Waals surface area contributed by atoms with Crippen molar-refractivity contribution < 1.29 is 8.78 Å². The Morgan fingerprint density at radius 1 is 1.00 bits per heavy atom. The molecule has 0 saturated heterocycles. The van der Waals surface area contributed by atoms with E-state index < -0.39 is 11.7 Å². The van der Waals surface area contributed by atoms with Gasteiger partial charge in [-0.3, -0.25) is 0 Å². The van der Waals surface area contributed by atoms with E-state index in [1.54, 1.807) is 12.1 Å². The lowest BCUT2D eigenvalue weighted by Crippen LogP contribution is -2.14. The van der Waals surface area contributed by atoms with Crippen molar-refractivity contribution in [1.82, 2.24) is 0 Å². The minimum Gasteiger partial charge on any atom is -0.208 e. The predicted molar refractivity (Wildman–Crippen MR) is 103 cm³/mol. The lowest BCUT2D eigenvalue weighted by atomic mass is 9.81. The van der Waals surface area contributed by atoms with E-state index in [0.717, 1.165) is 29.2 Å². The van der Waals surface area contributed by atoms with Crippen molar-refractivity contribution in [2.75, 3.05) is 0 Å². The summed E-state index contributed by atoms with van der Waals surface area (Å²) >= 11 is 0. The van der Waals surface area contributed by atoms with E-state index in [4.69, 9.17) is 0 Å². The van der Waals surface area contributed by atoms with Crippen LogP contribution in [-0.4, -0.2) is 0 Å². The van der Waals surface area contributed by atoms with Crippen molar-refractivity contribution in [2.45, 2.75) is 32.6 Å². The van der Waals surface area contributed by atoms with Crippen LogP contribution in [0.25, 0.3) is 22.7 Å². The molecule has 1 aliphatic rings. The molecule has 1 saturated carbocycles. The van der Waals surface area contributed by atoms with E-state index >= 15 is 0 Å². The quantitative estimate of drug-likeness (QED) is 0.507. The molecule has 1 aliphatic carbocycles. The van der Waals surface area contributed by atoms with Crippen molar-refractivity contribution >= 4 is 22.7 Å². The summed E-state index contributed by atoms with van der Waals surface area (Å²) in [5.74, 6) is -1.16. The zero-order valence-electron chi connectivity index (χ0n) is 14.6. The van der Waals surface area contributed by atoms with Crippen LogP contribution in [0.4, 0.5) is 8.78 Å². The van der Waals surface area contributed by atoms with Crippen LogP contribution in [0.3, 0.4) is 0 Å². The highest BCUT2D eigenvalue weighted by atomic mass is 19.2. The van der Waals surface area contributed by atoms with Crippen LogP contribution >= 0.6 is 0 Å². The summed E-state index contributed by atoms with van der Waals surface area (Å²) in [5.41, 5.74) is 1.43. The Morgan fingerprint density at radius 2 is 1.68 bits per heavy atom. The maximum absolute atomic E-state index is 14.7. The summed E-state index contributed by atoms with van der Waals surface area (Å²) in [6, 6.07) is 11.3. The zero-order valence-corrected chi connectivity index (χ0v) is 14.6. The van der Waals surface area contributed by atoms with Crippen LogP contribution in [-0.2, 0) is 0 Å². The molecule has 25 heavy (non-hydrogen) atoms. The largest absolute Gasteiger partial charge is 0.208 e. The summed E-state index contributed by atoms with van der Waals surface area (Å²) in [6.45, 7) is 5.77. The lowest BCUT2D eigenvalue weighted by molar-refractivity contribution is 0.305. The Kier molecular flexibility index (Phi) is 5.47. The van der Waals surface area contributed by atoms with Gasteiger partial charge >= 0.3 is 0 Å². The fraction of sp³-hybridized carbons (Fsp3) is 0.304. The smallest absolute Gasteiger partial charge is 0.162 e. The number of halogens is 2. The second-order valence-corrected chi connectivity index (χ2v) is 6.83. The van der Waals surface area contributed by atoms with E-state index in [1.807, 2.05) is 49.4 Å². The van der Waals surface area contributed by atoms with Crippen LogP contribution < -0.4 is 0 Å². The summed E-state index contributed by atoms with van der Waals surface area (Å²) in [5, 5.41) is 1.95. The molecule has 0 radical (unpaired) electrons. The number of rotatable bonds is 4. The molecule has 0 amide bonds. The zero-order chi connectivity index (χ0) is 17.8. The molecular formula is C23H24F2. The Bertz CT molecular complexity index is 821. The number of benzene rings is 2. The van der Waals surface area contributed by atoms with Gasteiger partial charge in [-0.25, -0.2) is 8.78 Å². The average Bonchev–Trinajstić information content (AvgIpc) is 2.66. The highest BCUT2D eigenvalue weighted by Crippen LogP contribution is 2.38. The maximum Gasteiger partial charge on any atom is 0.162 e. The standard InChI is InChI=1S/C23H24F2/c1-3-5-17-8-11-20-15-21(13-12-19(20)14-17)23(25)22(24)18-9-6-16(4-2)7-10-18/h3-5,8,11-16,18H,2,6-7,9-10H2,1H3/b5-3+,23-22?. The van der Waals surface area contributed by atoms with Crippen molar-refractivity contribution in [3.05, 3.63) is 72.1 Å². The Hall–Kier alpha value is -2.22. The summed E-state index contributed by atoms with van der Waals surface area (Å²) in [6.07, 6.45) is 9.09. The van der Waals surface area contributed by atoms with Gasteiger partial charge in [0.05, 0.1) is 0 Å². The van der Waals surface area contributed by atoms with E-state index in [1.165, 1.54) is 0 Å². The highest BCUT2D eigenvalue weighted by Gasteiger charge is 2.25. The first-order chi connectivity index (χ1) is 12.1. The molecule has 0 aliphatic heterocycles. The molecule has 0 unspecified atom stereocenters. The summed E-state index contributed by atoms with van der Waals surface area (Å²) < 4.78 is 29.3. The van der Waals surface area contributed by atoms with Crippen LogP contribution in [0.1, 0.15) is 43.7 Å². The first kappa shape index (κ1) is 17.6. The molecule has 0 nitrogen and oxygen atoms in total. The third-order valence-electron chi connectivity index (χ3n) is 5.15. The topological polar surface area (TPSA) is 0 Å². The normalized spacial score (nSPS) is 22.2. The Labute approximate surface area is 148 Å². The molecule has 130 valence electrons. The summed E-state index contributed by atoms with van der Waals surface area (Å²) in [7, 11) is 0. The van der Waals surface area contributed by atoms with E-state index in [2.05, 4.69) is 6.58 Å². The van der Waals surface area contributed by atoms with Crippen LogP contribution in [0.5, 0.6) is 0 Å². The van der Waals surface area contributed by atoms with Gasteiger partial charge in [0.2, 0.25) is 0 Å². The van der Waals surface area contributed by atoms with Crippen molar-refractivity contribution in [2.24, 2.45) is 11.8 Å². The Morgan fingerprint density at radius 3 is 2.36 bits per heavy atom. The lowest BCUT2D eigenvalue weighted by Gasteiger charge is -2.25. The number of fused-ring (bicyclic) bond motifs is 1. The number of hydrogen-bond acceptors (Lipinski definition) is 0. The molecule has 0 heterocycles. The van der Waals surface area contributed by atoms with E-state index in [0.29, 0.717) is 24.3 Å². The van der Waals surface area contributed by atoms with Crippen molar-refractivity contribution in [3.63, 3.8) is 0 Å². The summed E-state index contributed by atoms with van der Waals surface area (Å²) in [4.78, 5) is 0. The van der Waals surface area contributed by atoms with Gasteiger partial charge in [0.1, 0.15) is 5.83 Å². The Balaban J connectivity index is 1.87. The highest BCUT2D eigenvalue weighted by molar-refractivity contribution is 5.87. The van der Waals surface area contributed by atoms with Gasteiger partial charge in [-0.2, -0.15) is 0 Å². The van der Waals surface area contributed by atoms with Gasteiger partial charge in [-0.05, 0) is 67.0 Å². The monoisotopic (exact) mass is 338 g/mol. The van der Waals surface area contributed by atoms with E-state index in [9.17, 15) is 8.78 Å². The van der Waals surface area contributed by atoms with Crippen LogP contribution in [0.2, 0.25) is 0 Å². The van der Waals surface area contributed by atoms with E-state index in [-0.39, 0.29) is 5.92 Å². The van der Waals surface area contributed by atoms with Crippen molar-refractivity contribution in [3.8, 4) is 0 Å². The molecule has 2 heteroatoms. The molecule has 0 spiro atoms. The molecule has 3 rings (SSSR count). The molecule has 2 aromatic carbocycles. The molecule has 2 aromatic rings.